The second-order valence-corrected chi connectivity index (χ2v) is 6.32. The second-order valence-electron chi connectivity index (χ2n) is 5.91. The summed E-state index contributed by atoms with van der Waals surface area (Å²) in [6.45, 7) is 7.44. The number of benzene rings is 1. The van der Waals surface area contributed by atoms with Gasteiger partial charge in [0.1, 0.15) is 5.60 Å². The number of hydrogen-bond acceptors (Lipinski definition) is 3. The molecule has 0 heterocycles. The summed E-state index contributed by atoms with van der Waals surface area (Å²) in [5.41, 5.74) is 0.934. The van der Waals surface area contributed by atoms with Crippen LogP contribution in [0.15, 0.2) is 24.3 Å². The smallest absolute Gasteiger partial charge is 0.407 e. The molecule has 5 heteroatoms. The third kappa shape index (κ3) is 6.76. The predicted molar refractivity (Wildman–Crippen MR) is 89.3 cm³/mol. The van der Waals surface area contributed by atoms with Crippen molar-refractivity contribution in [2.24, 2.45) is 0 Å². The number of ketones is 1. The highest BCUT2D eigenvalue weighted by Gasteiger charge is 2.15. The van der Waals surface area contributed by atoms with Crippen LogP contribution in [0.2, 0.25) is 5.02 Å². The standard InChI is InChI=1S/C17H22ClNO3/c1-12(20)14-9-8-13(15(18)11-14)7-5-6-10-19-16(21)22-17(2,3)4/h5,7-9,11H,6,10H2,1-4H3,(H,19,21). The SMILES string of the molecule is CC(=O)c1ccc(C=CCCNC(=O)OC(C)(C)C)c(Cl)c1. The fourth-order valence-corrected chi connectivity index (χ4v) is 1.91. The van der Waals surface area contributed by atoms with Crippen LogP contribution in [-0.4, -0.2) is 24.0 Å². The number of carbonyl (C=O) groups excluding carboxylic acids is 2. The van der Waals surface area contributed by atoms with E-state index >= 15 is 0 Å². The molecule has 1 amide bonds. The highest BCUT2D eigenvalue weighted by Crippen LogP contribution is 2.19. The van der Waals surface area contributed by atoms with Gasteiger partial charge < -0.3 is 10.1 Å². The normalized spacial score (nSPS) is 11.5. The molecule has 4 nitrogen and oxygen atoms in total. The minimum atomic E-state index is -0.494. The van der Waals surface area contributed by atoms with Gasteiger partial charge in [0.25, 0.3) is 0 Å². The molecular weight excluding hydrogens is 302 g/mol. The van der Waals surface area contributed by atoms with Crippen LogP contribution < -0.4 is 5.32 Å². The topological polar surface area (TPSA) is 55.4 Å². The Labute approximate surface area is 136 Å². The van der Waals surface area contributed by atoms with Gasteiger partial charge >= 0.3 is 6.09 Å². The maximum absolute atomic E-state index is 11.4. The summed E-state index contributed by atoms with van der Waals surface area (Å²) in [4.78, 5) is 22.7. The first-order valence-electron chi connectivity index (χ1n) is 7.13. The van der Waals surface area contributed by atoms with Crippen molar-refractivity contribution < 1.29 is 14.3 Å². The van der Waals surface area contributed by atoms with Crippen molar-refractivity contribution in [2.45, 2.75) is 39.7 Å². The molecule has 120 valence electrons. The molecule has 0 saturated carbocycles. The van der Waals surface area contributed by atoms with Crippen molar-refractivity contribution in [3.63, 3.8) is 0 Å². The van der Waals surface area contributed by atoms with Gasteiger partial charge in [0, 0.05) is 17.1 Å². The quantitative estimate of drug-likeness (QED) is 0.642. The number of hydrogen-bond donors (Lipinski definition) is 1. The van der Waals surface area contributed by atoms with Gasteiger partial charge in [-0.3, -0.25) is 4.79 Å². The van der Waals surface area contributed by atoms with Crippen molar-refractivity contribution in [3.8, 4) is 0 Å². The molecule has 0 aromatic heterocycles. The average Bonchev–Trinajstić information content (AvgIpc) is 2.37. The summed E-state index contributed by atoms with van der Waals surface area (Å²) in [5.74, 6) is -0.0148. The molecule has 0 bridgehead atoms. The fraction of sp³-hybridized carbons (Fsp3) is 0.412. The van der Waals surface area contributed by atoms with E-state index in [4.69, 9.17) is 16.3 Å². The van der Waals surface area contributed by atoms with Crippen molar-refractivity contribution in [2.75, 3.05) is 6.54 Å². The largest absolute Gasteiger partial charge is 0.444 e. The van der Waals surface area contributed by atoms with Crippen LogP contribution in [0.1, 0.15) is 50.0 Å². The Morgan fingerprint density at radius 3 is 2.55 bits per heavy atom. The summed E-state index contributed by atoms with van der Waals surface area (Å²) < 4.78 is 5.13. The maximum atomic E-state index is 11.4. The van der Waals surface area contributed by atoms with E-state index < -0.39 is 11.7 Å². The molecule has 1 N–H and O–H groups in total. The summed E-state index contributed by atoms with van der Waals surface area (Å²) in [6, 6.07) is 5.20. The second kappa shape index (κ2) is 7.99. The minimum Gasteiger partial charge on any atom is -0.444 e. The Morgan fingerprint density at radius 2 is 2.00 bits per heavy atom. The van der Waals surface area contributed by atoms with E-state index in [1.807, 2.05) is 32.9 Å². The molecule has 1 aromatic rings. The minimum absolute atomic E-state index is 0.0148. The number of Topliss-reactive ketones (excluding diaryl/α,β-unsaturated/α-hetero) is 1. The zero-order valence-corrected chi connectivity index (χ0v) is 14.2. The van der Waals surface area contributed by atoms with E-state index in [1.165, 1.54) is 6.92 Å². The monoisotopic (exact) mass is 323 g/mol. The van der Waals surface area contributed by atoms with Crippen LogP contribution in [0.5, 0.6) is 0 Å². The van der Waals surface area contributed by atoms with Crippen LogP contribution in [0.3, 0.4) is 0 Å². The van der Waals surface area contributed by atoms with Crippen molar-refractivity contribution in [1.82, 2.24) is 5.32 Å². The van der Waals surface area contributed by atoms with Crippen LogP contribution in [0.25, 0.3) is 6.08 Å². The summed E-state index contributed by atoms with van der Waals surface area (Å²) in [5, 5.41) is 3.21. The van der Waals surface area contributed by atoms with Gasteiger partial charge in [0.15, 0.2) is 5.78 Å². The van der Waals surface area contributed by atoms with Gasteiger partial charge in [-0.25, -0.2) is 4.79 Å². The molecule has 0 spiro atoms. The molecular formula is C17H22ClNO3. The number of halogens is 1. The molecule has 1 aromatic carbocycles. The number of nitrogens with one attached hydrogen (secondary N) is 1. The number of amides is 1. The molecule has 0 fully saturated rings. The number of alkyl carbamates (subject to hydrolysis) is 1. The van der Waals surface area contributed by atoms with E-state index in [1.54, 1.807) is 18.2 Å². The van der Waals surface area contributed by atoms with Crippen LogP contribution in [-0.2, 0) is 4.74 Å². The van der Waals surface area contributed by atoms with E-state index in [0.717, 1.165) is 5.56 Å². The van der Waals surface area contributed by atoms with Crippen LogP contribution in [0.4, 0.5) is 4.79 Å². The molecule has 0 aliphatic carbocycles. The summed E-state index contributed by atoms with van der Waals surface area (Å²) in [7, 11) is 0. The number of rotatable bonds is 5. The molecule has 22 heavy (non-hydrogen) atoms. The fourth-order valence-electron chi connectivity index (χ4n) is 1.66. The van der Waals surface area contributed by atoms with Crippen LogP contribution in [0, 0.1) is 0 Å². The highest BCUT2D eigenvalue weighted by atomic mass is 35.5. The average molecular weight is 324 g/mol. The Kier molecular flexibility index (Phi) is 6.62. The molecule has 0 unspecified atom stereocenters. The van der Waals surface area contributed by atoms with E-state index in [2.05, 4.69) is 5.32 Å². The van der Waals surface area contributed by atoms with Gasteiger partial charge in [-0.2, -0.15) is 0 Å². The Morgan fingerprint density at radius 1 is 1.32 bits per heavy atom. The van der Waals surface area contributed by atoms with Crippen LogP contribution >= 0.6 is 11.6 Å². The van der Waals surface area contributed by atoms with Gasteiger partial charge in [-0.1, -0.05) is 35.9 Å². The van der Waals surface area contributed by atoms with Crippen molar-refractivity contribution in [3.05, 3.63) is 40.4 Å². The third-order valence-corrected chi connectivity index (χ3v) is 3.01. The predicted octanol–water partition coefficient (Wildman–Crippen LogP) is 4.47. The molecule has 0 aliphatic rings. The van der Waals surface area contributed by atoms with E-state index in [9.17, 15) is 9.59 Å². The van der Waals surface area contributed by atoms with E-state index in [-0.39, 0.29) is 5.78 Å². The van der Waals surface area contributed by atoms with Crippen molar-refractivity contribution in [1.29, 1.82) is 0 Å². The first-order chi connectivity index (χ1) is 10.2. The van der Waals surface area contributed by atoms with Gasteiger partial charge in [0.05, 0.1) is 0 Å². The first kappa shape index (κ1) is 18.2. The lowest BCUT2D eigenvalue weighted by Gasteiger charge is -2.19. The number of carbonyl (C=O) groups is 2. The first-order valence-corrected chi connectivity index (χ1v) is 7.51. The Balaban J connectivity index is 2.44. The lowest BCUT2D eigenvalue weighted by Crippen LogP contribution is -2.32. The number of ether oxygens (including phenoxy) is 1. The highest BCUT2D eigenvalue weighted by molar-refractivity contribution is 6.32. The zero-order chi connectivity index (χ0) is 16.8. The molecule has 0 atom stereocenters. The van der Waals surface area contributed by atoms with Gasteiger partial charge in [-0.15, -0.1) is 0 Å². The lowest BCUT2D eigenvalue weighted by atomic mass is 10.1. The summed E-state index contributed by atoms with van der Waals surface area (Å²) in [6.07, 6.45) is 4.00. The molecule has 0 saturated heterocycles. The maximum Gasteiger partial charge on any atom is 0.407 e. The molecule has 1 rings (SSSR count). The Hall–Kier alpha value is -1.81. The lowest BCUT2D eigenvalue weighted by molar-refractivity contribution is 0.0528. The molecule has 0 aliphatic heterocycles. The van der Waals surface area contributed by atoms with Gasteiger partial charge in [-0.05, 0) is 45.7 Å². The molecule has 0 radical (unpaired) electrons. The zero-order valence-electron chi connectivity index (χ0n) is 13.4. The summed E-state index contributed by atoms with van der Waals surface area (Å²) >= 11 is 6.12. The van der Waals surface area contributed by atoms with E-state index in [0.29, 0.717) is 23.6 Å². The van der Waals surface area contributed by atoms with Crippen molar-refractivity contribution >= 4 is 29.6 Å². The van der Waals surface area contributed by atoms with Gasteiger partial charge in [0.2, 0.25) is 0 Å². The Bertz CT molecular complexity index is 574. The third-order valence-electron chi connectivity index (χ3n) is 2.68.